The number of rotatable bonds is 4. The molecule has 0 saturated heterocycles. The standard InChI is InChI=1S/C15H19BrF3NO/c1-20(14-5-3-2-4-13(14)16)10-11-6-8-12(9-7-11)21-15(17,18)19/h6-9,13-14H,2-5,10H2,1H3. The van der Waals surface area contributed by atoms with Crippen LogP contribution >= 0.6 is 15.9 Å². The van der Waals surface area contributed by atoms with Gasteiger partial charge >= 0.3 is 6.36 Å². The second-order valence-corrected chi connectivity index (χ2v) is 6.65. The van der Waals surface area contributed by atoms with Gasteiger partial charge in [-0.2, -0.15) is 0 Å². The Kier molecular flexibility index (Phi) is 5.54. The second-order valence-electron chi connectivity index (χ2n) is 5.47. The monoisotopic (exact) mass is 365 g/mol. The van der Waals surface area contributed by atoms with Crippen LogP contribution in [0.15, 0.2) is 24.3 Å². The Morgan fingerprint density at radius 1 is 1.19 bits per heavy atom. The smallest absolute Gasteiger partial charge is 0.406 e. The first-order chi connectivity index (χ1) is 9.85. The molecule has 1 aliphatic rings. The van der Waals surface area contributed by atoms with Gasteiger partial charge in [0.1, 0.15) is 5.75 Å². The van der Waals surface area contributed by atoms with Gasteiger partial charge in [-0.15, -0.1) is 13.2 Å². The number of alkyl halides is 4. The normalized spacial score (nSPS) is 23.3. The van der Waals surface area contributed by atoms with Crippen LogP contribution in [0.25, 0.3) is 0 Å². The molecule has 0 aliphatic heterocycles. The van der Waals surface area contributed by atoms with E-state index in [9.17, 15) is 13.2 Å². The van der Waals surface area contributed by atoms with E-state index < -0.39 is 6.36 Å². The summed E-state index contributed by atoms with van der Waals surface area (Å²) in [6, 6.07) is 6.57. The van der Waals surface area contributed by atoms with Crippen LogP contribution < -0.4 is 4.74 Å². The molecule has 1 aromatic rings. The lowest BCUT2D eigenvalue weighted by atomic mass is 9.94. The van der Waals surface area contributed by atoms with Crippen LogP contribution in [-0.2, 0) is 6.54 Å². The van der Waals surface area contributed by atoms with Crippen molar-refractivity contribution in [3.63, 3.8) is 0 Å². The van der Waals surface area contributed by atoms with E-state index in [0.29, 0.717) is 10.9 Å². The summed E-state index contributed by atoms with van der Waals surface area (Å²) in [4.78, 5) is 2.75. The van der Waals surface area contributed by atoms with Crippen molar-refractivity contribution in [3.05, 3.63) is 29.8 Å². The summed E-state index contributed by atoms with van der Waals surface area (Å²) in [5.74, 6) is -0.176. The molecule has 2 rings (SSSR count). The van der Waals surface area contributed by atoms with Crippen LogP contribution in [0.5, 0.6) is 5.75 Å². The molecule has 0 spiro atoms. The van der Waals surface area contributed by atoms with Gasteiger partial charge in [-0.1, -0.05) is 40.9 Å². The second kappa shape index (κ2) is 7.01. The highest BCUT2D eigenvalue weighted by Gasteiger charge is 2.31. The van der Waals surface area contributed by atoms with Crippen molar-refractivity contribution in [3.8, 4) is 5.75 Å². The summed E-state index contributed by atoms with van der Waals surface area (Å²) in [6.07, 6.45) is 0.178. The van der Waals surface area contributed by atoms with Crippen molar-refractivity contribution in [2.75, 3.05) is 7.05 Å². The van der Waals surface area contributed by atoms with Gasteiger partial charge in [0.25, 0.3) is 0 Å². The molecule has 0 N–H and O–H groups in total. The lowest BCUT2D eigenvalue weighted by molar-refractivity contribution is -0.274. The van der Waals surface area contributed by atoms with E-state index in [4.69, 9.17) is 0 Å². The molecule has 1 saturated carbocycles. The van der Waals surface area contributed by atoms with Crippen LogP contribution in [-0.4, -0.2) is 29.2 Å². The van der Waals surface area contributed by atoms with E-state index in [0.717, 1.165) is 18.5 Å². The molecular formula is C15H19BrF3NO. The Balaban J connectivity index is 1.93. The van der Waals surface area contributed by atoms with Crippen LogP contribution in [0.2, 0.25) is 0 Å². The van der Waals surface area contributed by atoms with Crippen molar-refractivity contribution in [1.29, 1.82) is 0 Å². The number of nitrogens with zero attached hydrogens (tertiary/aromatic N) is 1. The number of benzene rings is 1. The zero-order valence-corrected chi connectivity index (χ0v) is 13.5. The average Bonchev–Trinajstić information content (AvgIpc) is 2.40. The lowest BCUT2D eigenvalue weighted by Crippen LogP contribution is -2.40. The van der Waals surface area contributed by atoms with Crippen molar-refractivity contribution in [2.24, 2.45) is 0 Å². The maximum Gasteiger partial charge on any atom is 0.573 e. The minimum atomic E-state index is -4.64. The van der Waals surface area contributed by atoms with Gasteiger partial charge in [-0.3, -0.25) is 4.90 Å². The van der Waals surface area contributed by atoms with E-state index in [-0.39, 0.29) is 5.75 Å². The fraction of sp³-hybridized carbons (Fsp3) is 0.600. The molecule has 6 heteroatoms. The molecule has 2 atom stereocenters. The molecule has 0 heterocycles. The maximum atomic E-state index is 12.1. The molecule has 2 nitrogen and oxygen atoms in total. The number of hydrogen-bond acceptors (Lipinski definition) is 2. The van der Waals surface area contributed by atoms with Crippen molar-refractivity contribution in [2.45, 2.75) is 49.5 Å². The molecule has 0 bridgehead atoms. The molecule has 0 amide bonds. The van der Waals surface area contributed by atoms with Crippen LogP contribution in [0.1, 0.15) is 31.2 Å². The minimum Gasteiger partial charge on any atom is -0.406 e. The van der Waals surface area contributed by atoms with E-state index in [2.05, 4.69) is 32.6 Å². The lowest BCUT2D eigenvalue weighted by Gasteiger charge is -2.35. The van der Waals surface area contributed by atoms with Gasteiger partial charge in [0, 0.05) is 17.4 Å². The van der Waals surface area contributed by atoms with Crippen LogP contribution in [0.4, 0.5) is 13.2 Å². The third-order valence-corrected chi connectivity index (χ3v) is 4.87. The zero-order chi connectivity index (χ0) is 15.5. The Hall–Kier alpha value is -0.750. The molecule has 1 aliphatic carbocycles. The highest BCUT2D eigenvalue weighted by Crippen LogP contribution is 2.29. The fourth-order valence-electron chi connectivity index (χ4n) is 2.76. The Morgan fingerprint density at radius 2 is 1.81 bits per heavy atom. The topological polar surface area (TPSA) is 12.5 Å². The van der Waals surface area contributed by atoms with Gasteiger partial charge in [-0.25, -0.2) is 0 Å². The molecular weight excluding hydrogens is 347 g/mol. The molecule has 0 aromatic heterocycles. The zero-order valence-electron chi connectivity index (χ0n) is 11.9. The Labute approximate surface area is 131 Å². The summed E-state index contributed by atoms with van der Waals surface area (Å²) in [7, 11) is 2.06. The first-order valence-electron chi connectivity index (χ1n) is 7.04. The van der Waals surface area contributed by atoms with Crippen molar-refractivity contribution < 1.29 is 17.9 Å². The predicted octanol–water partition coefficient (Wildman–Crippen LogP) is 4.72. The van der Waals surface area contributed by atoms with Gasteiger partial charge < -0.3 is 4.74 Å². The van der Waals surface area contributed by atoms with Gasteiger partial charge in [0.15, 0.2) is 0 Å². The number of halogens is 4. The summed E-state index contributed by atoms with van der Waals surface area (Å²) in [5, 5.41) is 0. The third-order valence-electron chi connectivity index (χ3n) is 3.80. The summed E-state index contributed by atoms with van der Waals surface area (Å²) < 4.78 is 40.2. The quantitative estimate of drug-likeness (QED) is 0.715. The molecule has 0 radical (unpaired) electrons. The van der Waals surface area contributed by atoms with Crippen LogP contribution in [0, 0.1) is 0 Å². The highest BCUT2D eigenvalue weighted by atomic mass is 79.9. The van der Waals surface area contributed by atoms with E-state index in [1.54, 1.807) is 12.1 Å². The van der Waals surface area contributed by atoms with E-state index in [1.165, 1.54) is 31.4 Å². The van der Waals surface area contributed by atoms with Crippen molar-refractivity contribution >= 4 is 15.9 Å². The summed E-state index contributed by atoms with van der Waals surface area (Å²) in [6.45, 7) is 0.721. The molecule has 1 fully saturated rings. The molecule has 118 valence electrons. The number of hydrogen-bond donors (Lipinski definition) is 0. The fourth-order valence-corrected chi connectivity index (χ4v) is 3.76. The number of ether oxygens (including phenoxy) is 1. The maximum absolute atomic E-state index is 12.1. The first kappa shape index (κ1) is 16.6. The molecule has 1 aromatic carbocycles. The molecule has 21 heavy (non-hydrogen) atoms. The van der Waals surface area contributed by atoms with Gasteiger partial charge in [0.05, 0.1) is 0 Å². The van der Waals surface area contributed by atoms with E-state index in [1.807, 2.05) is 0 Å². The van der Waals surface area contributed by atoms with Gasteiger partial charge in [-0.05, 0) is 37.6 Å². The van der Waals surface area contributed by atoms with E-state index >= 15 is 0 Å². The molecule has 2 unspecified atom stereocenters. The van der Waals surface area contributed by atoms with Gasteiger partial charge in [0.2, 0.25) is 0 Å². The Bertz CT molecular complexity index is 449. The predicted molar refractivity (Wildman–Crippen MR) is 79.6 cm³/mol. The third kappa shape index (κ3) is 5.18. The first-order valence-corrected chi connectivity index (χ1v) is 7.96. The summed E-state index contributed by atoms with van der Waals surface area (Å²) in [5.41, 5.74) is 0.984. The van der Waals surface area contributed by atoms with Crippen LogP contribution in [0.3, 0.4) is 0 Å². The SMILES string of the molecule is CN(Cc1ccc(OC(F)(F)F)cc1)C1CCCCC1Br. The Morgan fingerprint density at radius 3 is 2.38 bits per heavy atom. The average molecular weight is 366 g/mol. The van der Waals surface area contributed by atoms with Crippen molar-refractivity contribution in [1.82, 2.24) is 4.90 Å². The largest absolute Gasteiger partial charge is 0.573 e. The highest BCUT2D eigenvalue weighted by molar-refractivity contribution is 9.09. The minimum absolute atomic E-state index is 0.176. The summed E-state index contributed by atoms with van der Waals surface area (Å²) >= 11 is 3.73.